The molecule has 34 heavy (non-hydrogen) atoms. The van der Waals surface area contributed by atoms with Crippen molar-refractivity contribution in [3.05, 3.63) is 80.2 Å². The highest BCUT2D eigenvalue weighted by molar-refractivity contribution is 6.34. The second-order valence-electron chi connectivity index (χ2n) is 7.68. The van der Waals surface area contributed by atoms with Gasteiger partial charge >= 0.3 is 0 Å². The Morgan fingerprint density at radius 2 is 1.88 bits per heavy atom. The Labute approximate surface area is 206 Å². The summed E-state index contributed by atoms with van der Waals surface area (Å²) in [6.45, 7) is 3.87. The van der Waals surface area contributed by atoms with Crippen molar-refractivity contribution in [2.45, 2.75) is 33.1 Å². The number of hydrogen-bond donors (Lipinski definition) is 1. The molecule has 2 aromatic heterocycles. The summed E-state index contributed by atoms with van der Waals surface area (Å²) in [5.41, 5.74) is 2.56. The molecule has 8 nitrogen and oxygen atoms in total. The molecule has 0 aliphatic carbocycles. The average Bonchev–Trinajstić information content (AvgIpc) is 3.34. The minimum atomic E-state index is -0.299. The van der Waals surface area contributed by atoms with Gasteiger partial charge in [-0.25, -0.2) is 4.68 Å². The maximum Gasteiger partial charge on any atom is 0.299 e. The lowest BCUT2D eigenvalue weighted by molar-refractivity contribution is 0.379. The number of aryl methyl sites for hydroxylation is 1. The third-order valence-corrected chi connectivity index (χ3v) is 5.88. The van der Waals surface area contributed by atoms with Crippen molar-refractivity contribution < 1.29 is 4.74 Å². The summed E-state index contributed by atoms with van der Waals surface area (Å²) in [6, 6.07) is 14.4. The Morgan fingerprint density at radius 1 is 1.12 bits per heavy atom. The van der Waals surface area contributed by atoms with E-state index in [4.69, 9.17) is 27.9 Å². The van der Waals surface area contributed by atoms with Gasteiger partial charge in [-0.05, 0) is 50.1 Å². The Kier molecular flexibility index (Phi) is 7.19. The normalized spacial score (nSPS) is 11.4. The predicted octanol–water partition coefficient (Wildman–Crippen LogP) is 6.73. The first-order valence-electron chi connectivity index (χ1n) is 10.8. The van der Waals surface area contributed by atoms with Crippen LogP contribution in [-0.4, -0.2) is 26.7 Å². The first-order chi connectivity index (χ1) is 16.4. The number of hydrogen-bond acceptors (Lipinski definition) is 5. The Hall–Kier alpha value is -3.36. The van der Waals surface area contributed by atoms with Gasteiger partial charge in [-0.2, -0.15) is 4.68 Å². The van der Waals surface area contributed by atoms with Gasteiger partial charge in [0, 0.05) is 5.02 Å². The van der Waals surface area contributed by atoms with Gasteiger partial charge < -0.3 is 4.74 Å². The van der Waals surface area contributed by atoms with Crippen molar-refractivity contribution in [3.63, 3.8) is 0 Å². The number of azo groups is 1. The fourth-order valence-electron chi connectivity index (χ4n) is 3.61. The van der Waals surface area contributed by atoms with E-state index in [1.165, 1.54) is 4.68 Å². The number of benzene rings is 2. The van der Waals surface area contributed by atoms with Gasteiger partial charge in [0.1, 0.15) is 0 Å². The van der Waals surface area contributed by atoms with E-state index in [1.54, 1.807) is 36.9 Å². The molecule has 0 bridgehead atoms. The van der Waals surface area contributed by atoms with E-state index in [0.717, 1.165) is 18.4 Å². The molecule has 0 unspecified atom stereocenters. The van der Waals surface area contributed by atoms with Crippen molar-refractivity contribution in [1.29, 1.82) is 0 Å². The smallest absolute Gasteiger partial charge is 0.299 e. The summed E-state index contributed by atoms with van der Waals surface area (Å²) in [7, 11) is 1.57. The number of para-hydroxylation sites is 1. The van der Waals surface area contributed by atoms with Crippen LogP contribution >= 0.6 is 23.2 Å². The van der Waals surface area contributed by atoms with Crippen LogP contribution in [0.25, 0.3) is 11.4 Å². The lowest BCUT2D eigenvalue weighted by Gasteiger charge is -2.09. The molecule has 0 spiro atoms. The van der Waals surface area contributed by atoms with Crippen LogP contribution in [0.1, 0.15) is 31.0 Å². The molecule has 10 heteroatoms. The van der Waals surface area contributed by atoms with Gasteiger partial charge in [-0.15, -0.1) is 15.3 Å². The van der Waals surface area contributed by atoms with Gasteiger partial charge in [-0.1, -0.05) is 54.7 Å². The fourth-order valence-corrected chi connectivity index (χ4v) is 3.97. The molecule has 1 N–H and O–H groups in total. The highest BCUT2D eigenvalue weighted by Crippen LogP contribution is 2.36. The summed E-state index contributed by atoms with van der Waals surface area (Å²) in [4.78, 5) is 13.0. The van der Waals surface area contributed by atoms with Crippen LogP contribution in [0, 0.1) is 6.92 Å². The zero-order valence-corrected chi connectivity index (χ0v) is 20.6. The molecule has 0 amide bonds. The van der Waals surface area contributed by atoms with Gasteiger partial charge in [0.05, 0.1) is 34.8 Å². The van der Waals surface area contributed by atoms with Crippen LogP contribution in [0.2, 0.25) is 10.0 Å². The SMILES string of the molecule is CCCCc1c(N=Nc2c(C)[nH]n(-c3ccccc3)c2=O)nn(-c2cc(Cl)ccc2Cl)c1OC. The molecule has 0 saturated heterocycles. The quantitative estimate of drug-likeness (QED) is 0.273. The number of methoxy groups -OCH3 is 1. The van der Waals surface area contributed by atoms with E-state index in [9.17, 15) is 4.79 Å². The number of halogens is 2. The summed E-state index contributed by atoms with van der Waals surface area (Å²) in [5, 5.41) is 17.3. The zero-order chi connectivity index (χ0) is 24.2. The van der Waals surface area contributed by atoms with Crippen molar-refractivity contribution in [2.24, 2.45) is 10.2 Å². The van der Waals surface area contributed by atoms with Crippen LogP contribution < -0.4 is 10.3 Å². The van der Waals surface area contributed by atoms with E-state index >= 15 is 0 Å². The predicted molar refractivity (Wildman–Crippen MR) is 134 cm³/mol. The lowest BCUT2D eigenvalue weighted by atomic mass is 10.1. The molecule has 4 rings (SSSR count). The second kappa shape index (κ2) is 10.3. The lowest BCUT2D eigenvalue weighted by Crippen LogP contribution is -2.13. The number of ether oxygens (including phenoxy) is 1. The molecule has 0 fully saturated rings. The molecule has 2 heterocycles. The fraction of sp³-hybridized carbons (Fsp3) is 0.250. The van der Waals surface area contributed by atoms with Crippen LogP contribution in [0.5, 0.6) is 5.88 Å². The Balaban J connectivity index is 1.80. The second-order valence-corrected chi connectivity index (χ2v) is 8.53. The third kappa shape index (κ3) is 4.64. The van der Waals surface area contributed by atoms with Gasteiger partial charge in [0.25, 0.3) is 5.56 Å². The minimum absolute atomic E-state index is 0.208. The van der Waals surface area contributed by atoms with E-state index in [-0.39, 0.29) is 11.2 Å². The molecular weight excluding hydrogens is 475 g/mol. The number of aromatic nitrogens is 4. The first kappa shape index (κ1) is 23.8. The molecule has 4 aromatic rings. The van der Waals surface area contributed by atoms with E-state index in [0.29, 0.717) is 45.2 Å². The van der Waals surface area contributed by atoms with Gasteiger partial charge in [-0.3, -0.25) is 9.89 Å². The number of nitrogens with zero attached hydrogens (tertiary/aromatic N) is 5. The highest BCUT2D eigenvalue weighted by Gasteiger charge is 2.22. The van der Waals surface area contributed by atoms with Crippen LogP contribution in [0.4, 0.5) is 11.5 Å². The van der Waals surface area contributed by atoms with Crippen LogP contribution in [0.3, 0.4) is 0 Å². The number of unbranched alkanes of at least 4 members (excludes halogenated alkanes) is 1. The molecule has 2 aromatic carbocycles. The maximum atomic E-state index is 13.0. The standard InChI is InChI=1S/C24H24Cl2N6O2/c1-4-5-11-18-22(30-32(24(18)34-3)20-14-16(25)12-13-19(20)26)28-27-21-15(2)29-31(23(21)33)17-9-7-6-8-10-17/h6-10,12-14,29H,4-5,11H2,1-3H3. The molecule has 176 valence electrons. The zero-order valence-electron chi connectivity index (χ0n) is 19.0. The minimum Gasteiger partial charge on any atom is -0.481 e. The van der Waals surface area contributed by atoms with Crippen molar-refractivity contribution in [2.75, 3.05) is 7.11 Å². The summed E-state index contributed by atoms with van der Waals surface area (Å²) in [6.07, 6.45) is 2.55. The van der Waals surface area contributed by atoms with E-state index in [1.807, 2.05) is 30.3 Å². The molecule has 0 atom stereocenters. The topological polar surface area (TPSA) is 89.6 Å². The van der Waals surface area contributed by atoms with Gasteiger partial charge in [0.2, 0.25) is 11.7 Å². The van der Waals surface area contributed by atoms with Crippen molar-refractivity contribution >= 4 is 34.7 Å². The van der Waals surface area contributed by atoms with Crippen molar-refractivity contribution in [1.82, 2.24) is 19.6 Å². The first-order valence-corrected chi connectivity index (χ1v) is 11.6. The molecule has 0 aliphatic rings. The summed E-state index contributed by atoms with van der Waals surface area (Å²) >= 11 is 12.6. The number of rotatable bonds is 8. The highest BCUT2D eigenvalue weighted by atomic mass is 35.5. The number of nitrogens with one attached hydrogen (secondary N) is 1. The largest absolute Gasteiger partial charge is 0.481 e. The molecule has 0 radical (unpaired) electrons. The molecular formula is C24H24Cl2N6O2. The average molecular weight is 499 g/mol. The summed E-state index contributed by atoms with van der Waals surface area (Å²) in [5.74, 6) is 0.853. The Bertz CT molecular complexity index is 1390. The maximum absolute atomic E-state index is 13.0. The van der Waals surface area contributed by atoms with Crippen LogP contribution in [0.15, 0.2) is 63.6 Å². The summed E-state index contributed by atoms with van der Waals surface area (Å²) < 4.78 is 8.70. The number of aromatic amines is 1. The van der Waals surface area contributed by atoms with E-state index < -0.39 is 0 Å². The van der Waals surface area contributed by atoms with Crippen LogP contribution in [-0.2, 0) is 6.42 Å². The van der Waals surface area contributed by atoms with E-state index in [2.05, 4.69) is 27.3 Å². The molecule has 0 aliphatic heterocycles. The third-order valence-electron chi connectivity index (χ3n) is 5.32. The van der Waals surface area contributed by atoms with Crippen molar-refractivity contribution in [3.8, 4) is 17.3 Å². The Morgan fingerprint density at radius 3 is 2.59 bits per heavy atom. The molecule has 0 saturated carbocycles. The van der Waals surface area contributed by atoms with Gasteiger partial charge in [0.15, 0.2) is 5.69 Å². The monoisotopic (exact) mass is 498 g/mol. The number of H-pyrrole nitrogens is 1.